The molecule has 1 aliphatic carbocycles. The van der Waals surface area contributed by atoms with Crippen LogP contribution in [-0.4, -0.2) is 118 Å². The van der Waals surface area contributed by atoms with E-state index in [4.69, 9.17) is 14.3 Å². The summed E-state index contributed by atoms with van der Waals surface area (Å²) >= 11 is 0. The van der Waals surface area contributed by atoms with Crippen LogP contribution in [0.25, 0.3) is 11.1 Å². The lowest BCUT2D eigenvalue weighted by Gasteiger charge is -2.50. The van der Waals surface area contributed by atoms with E-state index >= 15 is 0 Å². The number of ether oxygens (including phenoxy) is 2. The van der Waals surface area contributed by atoms with Gasteiger partial charge in [-0.25, -0.2) is 0 Å². The van der Waals surface area contributed by atoms with E-state index in [9.17, 15) is 19.8 Å². The zero-order valence-electron chi connectivity index (χ0n) is 37.2. The van der Waals surface area contributed by atoms with Crippen LogP contribution in [0.4, 0.5) is 5.69 Å². The number of carbonyl (C=O) groups is 2. The number of carbonyl (C=O) groups excluding carboxylic acids is 2. The number of rotatable bonds is 16. The van der Waals surface area contributed by atoms with E-state index in [1.165, 1.54) is 0 Å². The van der Waals surface area contributed by atoms with E-state index in [2.05, 4.69) is 45.3 Å². The number of methoxy groups -OCH3 is 2. The van der Waals surface area contributed by atoms with Gasteiger partial charge in [0.2, 0.25) is 5.91 Å². The summed E-state index contributed by atoms with van der Waals surface area (Å²) in [5.41, 5.74) is 4.65. The van der Waals surface area contributed by atoms with Crippen molar-refractivity contribution in [2.75, 3.05) is 60.5 Å². The summed E-state index contributed by atoms with van der Waals surface area (Å²) in [4.78, 5) is 39.0. The molecule has 0 aromatic heterocycles. The quantitative estimate of drug-likeness (QED) is 0.141. The molecule has 2 amide bonds. The predicted molar refractivity (Wildman–Crippen MR) is 233 cm³/mol. The lowest BCUT2D eigenvalue weighted by molar-refractivity contribution is -0.182. The van der Waals surface area contributed by atoms with E-state index in [1.807, 2.05) is 105 Å². The Morgan fingerprint density at radius 1 is 1.00 bits per heavy atom. The number of anilines is 1. The summed E-state index contributed by atoms with van der Waals surface area (Å²) in [5.74, 6) is 0.423. The van der Waals surface area contributed by atoms with E-state index in [-0.39, 0.29) is 54.5 Å². The Labute approximate surface area is 352 Å². The van der Waals surface area contributed by atoms with Gasteiger partial charge in [-0.3, -0.25) is 14.4 Å². The second-order valence-corrected chi connectivity index (χ2v) is 18.0. The van der Waals surface area contributed by atoms with Gasteiger partial charge in [0.25, 0.3) is 5.91 Å². The fourth-order valence-electron chi connectivity index (χ4n) is 9.25. The number of aliphatic hydroxyl groups is 2. The van der Waals surface area contributed by atoms with Crippen molar-refractivity contribution in [2.45, 2.75) is 90.9 Å². The van der Waals surface area contributed by atoms with Crippen molar-refractivity contribution >= 4 is 17.5 Å². The lowest BCUT2D eigenvalue weighted by Crippen LogP contribution is -2.56. The number of nitrogens with zero attached hydrogens (tertiary/aromatic N) is 3. The number of nitrogens with one attached hydrogen (secondary N) is 2. The Kier molecular flexibility index (Phi) is 15.3. The molecular formula is C47H69N5O7. The first-order valence-corrected chi connectivity index (χ1v) is 21.0. The highest BCUT2D eigenvalue weighted by molar-refractivity contribution is 5.97. The number of benzene rings is 3. The molecule has 0 bridgehead atoms. The fourth-order valence-corrected chi connectivity index (χ4v) is 9.25. The van der Waals surface area contributed by atoms with Crippen molar-refractivity contribution in [3.8, 4) is 16.9 Å². The molecule has 0 radical (unpaired) electrons. The van der Waals surface area contributed by atoms with Crippen molar-refractivity contribution in [3.63, 3.8) is 0 Å². The first kappa shape index (κ1) is 46.0. The largest absolute Gasteiger partial charge is 0.496 e. The van der Waals surface area contributed by atoms with Crippen LogP contribution in [0.15, 0.2) is 66.7 Å². The van der Waals surface area contributed by atoms with Gasteiger partial charge in [0.1, 0.15) is 24.0 Å². The number of hydrogen-bond acceptors (Lipinski definition) is 10. The summed E-state index contributed by atoms with van der Waals surface area (Å²) in [7, 11) is 11.1. The number of para-hydroxylation sites is 1. The van der Waals surface area contributed by atoms with Gasteiger partial charge < -0.3 is 40.1 Å². The topological polar surface area (TPSA) is 136 Å². The van der Waals surface area contributed by atoms with Crippen LogP contribution < -0.4 is 20.3 Å². The van der Waals surface area contributed by atoms with Crippen LogP contribution in [0.5, 0.6) is 5.75 Å². The van der Waals surface area contributed by atoms with Gasteiger partial charge in [-0.2, -0.15) is 5.06 Å². The Morgan fingerprint density at radius 3 is 2.29 bits per heavy atom. The minimum absolute atomic E-state index is 0.0460. The maximum atomic E-state index is 14.4. The van der Waals surface area contributed by atoms with Crippen molar-refractivity contribution in [2.24, 2.45) is 29.1 Å². The first-order valence-electron chi connectivity index (χ1n) is 21.0. The van der Waals surface area contributed by atoms with Gasteiger partial charge in [-0.1, -0.05) is 83.1 Å². The number of aliphatic hydroxyl groups excluding tert-OH is 2. The van der Waals surface area contributed by atoms with Crippen molar-refractivity contribution in [1.29, 1.82) is 0 Å². The van der Waals surface area contributed by atoms with Gasteiger partial charge in [0.15, 0.2) is 0 Å². The molecule has 0 spiro atoms. The molecule has 5 rings (SSSR count). The van der Waals surface area contributed by atoms with E-state index in [0.29, 0.717) is 29.7 Å². The molecule has 2 aliphatic rings. The summed E-state index contributed by atoms with van der Waals surface area (Å²) in [5, 5.41) is 29.7. The summed E-state index contributed by atoms with van der Waals surface area (Å²) in [6.07, 6.45) is -1.24. The average Bonchev–Trinajstić information content (AvgIpc) is 3.58. The molecule has 3 aromatic rings. The van der Waals surface area contributed by atoms with Crippen LogP contribution >= 0.6 is 0 Å². The fraction of sp³-hybridized carbons (Fsp3) is 0.574. The predicted octanol–water partition coefficient (Wildman–Crippen LogP) is 5.77. The Bertz CT molecular complexity index is 1870. The van der Waals surface area contributed by atoms with Gasteiger partial charge in [0.05, 0.1) is 32.4 Å². The number of amides is 2. The molecule has 1 aliphatic heterocycles. The molecule has 10 atom stereocenters. The molecule has 3 aromatic carbocycles. The highest BCUT2D eigenvalue weighted by Crippen LogP contribution is 2.48. The lowest BCUT2D eigenvalue weighted by atomic mass is 9.58. The molecule has 59 heavy (non-hydrogen) atoms. The molecule has 12 nitrogen and oxygen atoms in total. The monoisotopic (exact) mass is 816 g/mol. The Hall–Kier alpha value is -4.04. The van der Waals surface area contributed by atoms with Gasteiger partial charge in [0, 0.05) is 62.1 Å². The van der Waals surface area contributed by atoms with Crippen LogP contribution in [-0.2, 0) is 20.9 Å². The summed E-state index contributed by atoms with van der Waals surface area (Å²) in [6, 6.07) is 20.1. The molecule has 1 saturated heterocycles. The molecular weight excluding hydrogens is 747 g/mol. The summed E-state index contributed by atoms with van der Waals surface area (Å²) < 4.78 is 12.1. The maximum absolute atomic E-state index is 14.4. The molecule has 0 unspecified atom stereocenters. The molecule has 1 heterocycles. The smallest absolute Gasteiger partial charge is 0.251 e. The minimum Gasteiger partial charge on any atom is -0.496 e. The minimum atomic E-state index is -0.927. The van der Waals surface area contributed by atoms with Crippen molar-refractivity contribution < 1.29 is 34.1 Å². The first-order chi connectivity index (χ1) is 27.9. The molecule has 324 valence electrons. The average molecular weight is 816 g/mol. The van der Waals surface area contributed by atoms with Crippen molar-refractivity contribution in [3.05, 3.63) is 83.4 Å². The van der Waals surface area contributed by atoms with Crippen molar-refractivity contribution in [1.82, 2.24) is 20.6 Å². The van der Waals surface area contributed by atoms with Gasteiger partial charge >= 0.3 is 0 Å². The zero-order chi connectivity index (χ0) is 43.3. The SMILES string of the molecule is COc1c(CN2O[C@@H](CO)[C@@H]([C@H](C)O)[C@H]2C(=O)N[C@H]2C[C@@H](C)C(C)(C)[C@@H](C)[C@@H]2C)cccc1-c1cc(C(=O)N[C@H](CN(C)C)[C@H](OC)c2ccccc2)cc(N(C)C)c1. The highest BCUT2D eigenvalue weighted by atomic mass is 16.7. The van der Waals surface area contributed by atoms with E-state index in [0.717, 1.165) is 34.4 Å². The number of likely N-dealkylation sites (N-methyl/N-ethyl adjacent to an activating group) is 1. The number of hydrogen-bond donors (Lipinski definition) is 4. The maximum Gasteiger partial charge on any atom is 0.251 e. The number of hydroxylamine groups is 2. The highest BCUT2D eigenvalue weighted by Gasteiger charge is 2.51. The third-order valence-electron chi connectivity index (χ3n) is 13.4. The zero-order valence-corrected chi connectivity index (χ0v) is 37.2. The van der Waals surface area contributed by atoms with Gasteiger partial charge in [-0.05, 0) is 79.9 Å². The normalized spacial score (nSPS) is 25.9. The summed E-state index contributed by atoms with van der Waals surface area (Å²) in [6.45, 7) is 13.3. The molecule has 12 heteroatoms. The third-order valence-corrected chi connectivity index (χ3v) is 13.4. The molecule has 4 N–H and O–H groups in total. The third kappa shape index (κ3) is 10.1. The van der Waals surface area contributed by atoms with Gasteiger partial charge in [-0.15, -0.1) is 0 Å². The van der Waals surface area contributed by atoms with Crippen LogP contribution in [0.1, 0.15) is 75.6 Å². The molecule has 1 saturated carbocycles. The van der Waals surface area contributed by atoms with E-state index < -0.39 is 24.2 Å². The van der Waals surface area contributed by atoms with E-state index in [1.54, 1.807) is 26.2 Å². The Morgan fingerprint density at radius 2 is 1.69 bits per heavy atom. The van der Waals surface area contributed by atoms with Crippen LogP contribution in [0, 0.1) is 29.1 Å². The second kappa shape index (κ2) is 19.6. The van der Waals surface area contributed by atoms with Crippen LogP contribution in [0.3, 0.4) is 0 Å². The molecule has 2 fully saturated rings. The second-order valence-electron chi connectivity index (χ2n) is 18.0. The standard InChI is InChI=1S/C47H69N5O7/c1-28-21-38(29(2)30(3)47(28,5)6)48-46(56)42-41(31(4)54)40(27-53)59-52(42)25-33-19-16-20-37(43(33)57-11)34-22-35(24-36(23-34)51(9)10)45(55)49-39(26-50(7)8)44(58-12)32-17-14-13-15-18-32/h13-20,22-24,28-31,38-42,44,53-54H,21,25-27H2,1-12H3,(H,48,56)(H,49,55)/t28-,29+,30+,31+,38+,39-,40+,41-,42+,44-/m1/s1. The van der Waals surface area contributed by atoms with Crippen LogP contribution in [0.2, 0.25) is 0 Å². The Balaban J connectivity index is 1.48.